The molecule has 1 radical (unpaired) electrons. The average molecular weight is 202 g/mol. The van der Waals surface area contributed by atoms with Crippen LogP contribution in [-0.4, -0.2) is 17.2 Å². The second-order valence-corrected chi connectivity index (χ2v) is 3.27. The molecule has 0 aliphatic carbocycles. The van der Waals surface area contributed by atoms with E-state index in [0.717, 1.165) is 22.2 Å². The molecule has 1 aromatic heterocycles. The summed E-state index contributed by atoms with van der Waals surface area (Å²) >= 11 is 0. The van der Waals surface area contributed by atoms with Gasteiger partial charge in [0.1, 0.15) is 11.5 Å². The van der Waals surface area contributed by atoms with Crippen LogP contribution in [0.15, 0.2) is 24.4 Å². The van der Waals surface area contributed by atoms with E-state index < -0.39 is 0 Å². The fourth-order valence-electron chi connectivity index (χ4n) is 1.51. The van der Waals surface area contributed by atoms with Gasteiger partial charge in [-0.25, -0.2) is 0 Å². The van der Waals surface area contributed by atoms with Gasteiger partial charge in [-0.1, -0.05) is 0 Å². The van der Waals surface area contributed by atoms with Crippen LogP contribution in [0.4, 0.5) is 0 Å². The van der Waals surface area contributed by atoms with E-state index in [1.807, 2.05) is 0 Å². The highest BCUT2D eigenvalue weighted by Gasteiger charge is 2.06. The van der Waals surface area contributed by atoms with Crippen LogP contribution in [0.3, 0.4) is 0 Å². The number of pyridine rings is 1. The minimum absolute atomic E-state index is 0.262. The number of nitrogens with zero attached hydrogens (tertiary/aromatic N) is 1. The van der Waals surface area contributed by atoms with Gasteiger partial charge < -0.3 is 9.84 Å². The maximum absolute atomic E-state index is 9.89. The summed E-state index contributed by atoms with van der Waals surface area (Å²) in [5, 5.41) is 10.6. The second-order valence-electron chi connectivity index (χ2n) is 3.27. The summed E-state index contributed by atoms with van der Waals surface area (Å²) < 4.78 is 5.08. The van der Waals surface area contributed by atoms with Crippen LogP contribution < -0.4 is 4.74 Å². The highest BCUT2D eigenvalue weighted by Crippen LogP contribution is 2.29. The molecule has 1 heterocycles. The first-order valence-corrected chi connectivity index (χ1v) is 4.70. The quantitative estimate of drug-likeness (QED) is 0.812. The van der Waals surface area contributed by atoms with Crippen molar-refractivity contribution in [3.8, 4) is 11.5 Å². The van der Waals surface area contributed by atoms with Gasteiger partial charge in [0.05, 0.1) is 12.6 Å². The Morgan fingerprint density at radius 1 is 1.47 bits per heavy atom. The fourth-order valence-corrected chi connectivity index (χ4v) is 1.51. The zero-order valence-electron chi connectivity index (χ0n) is 8.53. The van der Waals surface area contributed by atoms with Gasteiger partial charge in [-0.2, -0.15) is 0 Å². The van der Waals surface area contributed by atoms with Crippen molar-refractivity contribution in [2.24, 2.45) is 0 Å². The van der Waals surface area contributed by atoms with Crippen LogP contribution in [0.1, 0.15) is 5.56 Å². The van der Waals surface area contributed by atoms with Gasteiger partial charge in [-0.15, -0.1) is 0 Å². The molecule has 2 rings (SSSR count). The Morgan fingerprint density at radius 2 is 2.27 bits per heavy atom. The summed E-state index contributed by atoms with van der Waals surface area (Å²) in [6.07, 6.45) is 2.17. The topological polar surface area (TPSA) is 42.4 Å². The van der Waals surface area contributed by atoms with Crippen molar-refractivity contribution in [2.75, 3.05) is 7.11 Å². The Labute approximate surface area is 88.3 Å². The third kappa shape index (κ3) is 1.61. The van der Waals surface area contributed by atoms with E-state index in [4.69, 9.17) is 4.74 Å². The van der Waals surface area contributed by atoms with Crippen molar-refractivity contribution in [1.29, 1.82) is 0 Å². The average Bonchev–Trinajstić information content (AvgIpc) is 2.29. The monoisotopic (exact) mass is 202 g/mol. The van der Waals surface area contributed by atoms with Crippen LogP contribution in [-0.2, 0) is 6.42 Å². The number of fused-ring (bicyclic) bond motifs is 1. The number of hydrogen-bond donors (Lipinski definition) is 1. The van der Waals surface area contributed by atoms with Gasteiger partial charge in [-0.3, -0.25) is 4.98 Å². The summed E-state index contributed by atoms with van der Waals surface area (Å²) in [6, 6.07) is 5.40. The van der Waals surface area contributed by atoms with E-state index in [1.54, 1.807) is 31.5 Å². The number of hydrogen-bond acceptors (Lipinski definition) is 3. The van der Waals surface area contributed by atoms with Crippen molar-refractivity contribution < 1.29 is 9.84 Å². The van der Waals surface area contributed by atoms with Crippen molar-refractivity contribution in [2.45, 2.75) is 6.42 Å². The first kappa shape index (κ1) is 9.77. The van der Waals surface area contributed by atoms with Crippen LogP contribution in [0.25, 0.3) is 10.9 Å². The number of aromatic hydroxyl groups is 1. The predicted octanol–water partition coefficient (Wildman–Crippen LogP) is 2.33. The predicted molar refractivity (Wildman–Crippen MR) is 59.0 cm³/mol. The summed E-state index contributed by atoms with van der Waals surface area (Å²) in [7, 11) is 1.60. The normalized spacial score (nSPS) is 10.5. The lowest BCUT2D eigenvalue weighted by molar-refractivity contribution is 0.415. The maximum Gasteiger partial charge on any atom is 0.129 e. The van der Waals surface area contributed by atoms with Crippen LogP contribution in [0.2, 0.25) is 0 Å². The number of rotatable bonds is 2. The van der Waals surface area contributed by atoms with Crippen LogP contribution in [0, 0.1) is 6.92 Å². The molecule has 0 spiro atoms. The van der Waals surface area contributed by atoms with Crippen molar-refractivity contribution >= 4 is 10.9 Å². The van der Waals surface area contributed by atoms with E-state index in [0.29, 0.717) is 6.42 Å². The zero-order chi connectivity index (χ0) is 10.8. The van der Waals surface area contributed by atoms with Crippen LogP contribution in [0.5, 0.6) is 11.5 Å². The lowest BCUT2D eigenvalue weighted by Crippen LogP contribution is -1.89. The van der Waals surface area contributed by atoms with Crippen molar-refractivity contribution in [3.63, 3.8) is 0 Å². The first-order chi connectivity index (χ1) is 7.26. The molecule has 0 amide bonds. The molecule has 0 saturated carbocycles. The molecule has 3 heteroatoms. The molecule has 0 atom stereocenters. The Kier molecular flexibility index (Phi) is 2.46. The van der Waals surface area contributed by atoms with E-state index in [1.165, 1.54) is 0 Å². The molecule has 0 aliphatic rings. The minimum Gasteiger partial charge on any atom is -0.507 e. The summed E-state index contributed by atoms with van der Waals surface area (Å²) in [5.74, 6) is 0.995. The molecule has 3 nitrogen and oxygen atoms in total. The molecule has 2 aromatic rings. The molecule has 0 unspecified atom stereocenters. The molecule has 0 saturated heterocycles. The molecular weight excluding hydrogens is 190 g/mol. The van der Waals surface area contributed by atoms with E-state index in [-0.39, 0.29) is 5.75 Å². The third-order valence-corrected chi connectivity index (χ3v) is 2.39. The zero-order valence-corrected chi connectivity index (χ0v) is 8.53. The third-order valence-electron chi connectivity index (χ3n) is 2.39. The first-order valence-electron chi connectivity index (χ1n) is 4.70. The number of ether oxygens (including phenoxy) is 1. The number of benzene rings is 1. The molecule has 0 aliphatic heterocycles. The van der Waals surface area contributed by atoms with Crippen molar-refractivity contribution in [3.05, 3.63) is 36.9 Å². The number of aromatic nitrogens is 1. The second kappa shape index (κ2) is 3.77. The highest BCUT2D eigenvalue weighted by atomic mass is 16.5. The van der Waals surface area contributed by atoms with Gasteiger partial charge in [-0.05, 0) is 25.5 Å². The molecule has 0 fully saturated rings. The van der Waals surface area contributed by atoms with E-state index in [2.05, 4.69) is 11.9 Å². The standard InChI is InChI=1S/C12H12NO2/c1-3-8-7-13-11-6-9(15-2)4-5-10(11)12(8)14/h4-7H,1,3H2,2H3,(H,13,14). The van der Waals surface area contributed by atoms with Gasteiger partial charge in [0.2, 0.25) is 0 Å². The van der Waals surface area contributed by atoms with Gasteiger partial charge in [0.25, 0.3) is 0 Å². The molecule has 0 bridgehead atoms. The van der Waals surface area contributed by atoms with Gasteiger partial charge in [0.15, 0.2) is 0 Å². The molecular formula is C12H12NO2. The number of methoxy groups -OCH3 is 1. The lowest BCUT2D eigenvalue weighted by atomic mass is 10.1. The largest absolute Gasteiger partial charge is 0.507 e. The summed E-state index contributed by atoms with van der Waals surface area (Å²) in [4.78, 5) is 4.24. The molecule has 1 aromatic carbocycles. The van der Waals surface area contributed by atoms with Gasteiger partial charge in [0, 0.05) is 23.2 Å². The highest BCUT2D eigenvalue weighted by molar-refractivity contribution is 5.86. The molecule has 1 N–H and O–H groups in total. The Morgan fingerprint density at radius 3 is 2.93 bits per heavy atom. The minimum atomic E-state index is 0.262. The van der Waals surface area contributed by atoms with E-state index >= 15 is 0 Å². The smallest absolute Gasteiger partial charge is 0.129 e. The van der Waals surface area contributed by atoms with E-state index in [9.17, 15) is 5.11 Å². The Balaban J connectivity index is 2.68. The maximum atomic E-state index is 9.89. The lowest BCUT2D eigenvalue weighted by Gasteiger charge is -2.06. The summed E-state index contributed by atoms with van der Waals surface area (Å²) in [6.45, 7) is 3.73. The molecule has 15 heavy (non-hydrogen) atoms. The Bertz CT molecular complexity index is 494. The van der Waals surface area contributed by atoms with Gasteiger partial charge >= 0.3 is 0 Å². The summed E-state index contributed by atoms with van der Waals surface area (Å²) in [5.41, 5.74) is 1.48. The van der Waals surface area contributed by atoms with Crippen molar-refractivity contribution in [1.82, 2.24) is 4.98 Å². The molecule has 77 valence electrons. The van der Waals surface area contributed by atoms with Crippen LogP contribution >= 0.6 is 0 Å². The Hall–Kier alpha value is -1.77. The SMILES string of the molecule is [CH2]Cc1cnc2cc(OC)ccc2c1O. The fraction of sp³-hybridized carbons (Fsp3) is 0.167.